The van der Waals surface area contributed by atoms with Crippen LogP contribution in [-0.4, -0.2) is 18.5 Å². The lowest BCUT2D eigenvalue weighted by atomic mass is 9.85. The number of rotatable bonds is 5. The van der Waals surface area contributed by atoms with Gasteiger partial charge in [0.2, 0.25) is 5.91 Å². The summed E-state index contributed by atoms with van der Waals surface area (Å²) in [6, 6.07) is 8.26. The van der Waals surface area contributed by atoms with Crippen LogP contribution in [0.4, 0.5) is 0 Å². The van der Waals surface area contributed by atoms with E-state index in [-0.39, 0.29) is 11.9 Å². The molecule has 0 aromatic heterocycles. The standard InChI is InChI=1S/C18H28N2O/c1-12(2)16(13(3)4)11-20-18(21)17-9-14-7-5-6-8-15(14)10-19-17/h5-8,12-13,16-17,19H,9-11H2,1-4H3,(H,20,21). The van der Waals surface area contributed by atoms with E-state index in [2.05, 4.69) is 56.5 Å². The Morgan fingerprint density at radius 3 is 2.43 bits per heavy atom. The summed E-state index contributed by atoms with van der Waals surface area (Å²) in [5, 5.41) is 6.49. The van der Waals surface area contributed by atoms with Crippen LogP contribution in [0.1, 0.15) is 38.8 Å². The van der Waals surface area contributed by atoms with Gasteiger partial charge in [0.25, 0.3) is 0 Å². The number of nitrogens with one attached hydrogen (secondary N) is 2. The first-order valence-electron chi connectivity index (χ1n) is 8.07. The molecule has 0 saturated carbocycles. The maximum atomic E-state index is 12.4. The van der Waals surface area contributed by atoms with Crippen molar-refractivity contribution < 1.29 is 4.79 Å². The molecule has 0 spiro atoms. The van der Waals surface area contributed by atoms with Gasteiger partial charge in [-0.1, -0.05) is 52.0 Å². The summed E-state index contributed by atoms with van der Waals surface area (Å²) in [5.74, 6) is 1.84. The average Bonchev–Trinajstić information content (AvgIpc) is 2.46. The fourth-order valence-electron chi connectivity index (χ4n) is 3.22. The van der Waals surface area contributed by atoms with Crippen molar-refractivity contribution in [3.63, 3.8) is 0 Å². The molecule has 3 heteroatoms. The van der Waals surface area contributed by atoms with Crippen LogP contribution in [0.25, 0.3) is 0 Å². The molecule has 2 rings (SSSR count). The molecule has 0 aliphatic carbocycles. The smallest absolute Gasteiger partial charge is 0.237 e. The molecule has 1 aliphatic heterocycles. The lowest BCUT2D eigenvalue weighted by Gasteiger charge is -2.28. The monoisotopic (exact) mass is 288 g/mol. The third kappa shape index (κ3) is 4.07. The first-order chi connectivity index (χ1) is 9.99. The van der Waals surface area contributed by atoms with Crippen molar-refractivity contribution in [2.75, 3.05) is 6.54 Å². The largest absolute Gasteiger partial charge is 0.354 e. The lowest BCUT2D eigenvalue weighted by Crippen LogP contribution is -2.49. The van der Waals surface area contributed by atoms with Crippen molar-refractivity contribution in [2.24, 2.45) is 17.8 Å². The topological polar surface area (TPSA) is 41.1 Å². The van der Waals surface area contributed by atoms with Crippen molar-refractivity contribution in [2.45, 2.75) is 46.7 Å². The molecular formula is C18H28N2O. The van der Waals surface area contributed by atoms with E-state index in [9.17, 15) is 4.79 Å². The van der Waals surface area contributed by atoms with Gasteiger partial charge in [-0.05, 0) is 35.3 Å². The minimum Gasteiger partial charge on any atom is -0.354 e. The van der Waals surface area contributed by atoms with E-state index in [1.165, 1.54) is 11.1 Å². The van der Waals surface area contributed by atoms with Crippen LogP contribution < -0.4 is 10.6 Å². The Morgan fingerprint density at radius 2 is 1.81 bits per heavy atom. The van der Waals surface area contributed by atoms with Gasteiger partial charge in [-0.3, -0.25) is 4.79 Å². The zero-order valence-corrected chi connectivity index (χ0v) is 13.6. The normalized spacial score (nSPS) is 18.1. The van der Waals surface area contributed by atoms with Gasteiger partial charge < -0.3 is 10.6 Å². The van der Waals surface area contributed by atoms with Crippen molar-refractivity contribution in [1.29, 1.82) is 0 Å². The third-order valence-corrected chi connectivity index (χ3v) is 4.62. The van der Waals surface area contributed by atoms with Crippen LogP contribution in [0.2, 0.25) is 0 Å². The van der Waals surface area contributed by atoms with Crippen molar-refractivity contribution in [1.82, 2.24) is 10.6 Å². The highest BCUT2D eigenvalue weighted by Crippen LogP contribution is 2.20. The molecule has 1 amide bonds. The first-order valence-corrected chi connectivity index (χ1v) is 8.07. The van der Waals surface area contributed by atoms with Crippen LogP contribution in [0.5, 0.6) is 0 Å². The Morgan fingerprint density at radius 1 is 1.19 bits per heavy atom. The van der Waals surface area contributed by atoms with Gasteiger partial charge in [0.05, 0.1) is 6.04 Å². The highest BCUT2D eigenvalue weighted by atomic mass is 16.2. The Bertz CT molecular complexity index is 474. The molecule has 0 saturated heterocycles. The molecular weight excluding hydrogens is 260 g/mol. The fourth-order valence-corrected chi connectivity index (χ4v) is 3.22. The van der Waals surface area contributed by atoms with Gasteiger partial charge in [0.1, 0.15) is 0 Å². The van der Waals surface area contributed by atoms with Crippen molar-refractivity contribution >= 4 is 5.91 Å². The molecule has 116 valence electrons. The van der Waals surface area contributed by atoms with E-state index in [1.807, 2.05) is 6.07 Å². The Labute approximate surface area is 128 Å². The second-order valence-corrected chi connectivity index (χ2v) is 6.80. The van der Waals surface area contributed by atoms with Crippen molar-refractivity contribution in [3.8, 4) is 0 Å². The third-order valence-electron chi connectivity index (χ3n) is 4.62. The molecule has 3 nitrogen and oxygen atoms in total. The second-order valence-electron chi connectivity index (χ2n) is 6.80. The Balaban J connectivity index is 1.90. The average molecular weight is 288 g/mol. The van der Waals surface area contributed by atoms with Gasteiger partial charge in [-0.15, -0.1) is 0 Å². The lowest BCUT2D eigenvalue weighted by molar-refractivity contribution is -0.123. The molecule has 1 aromatic carbocycles. The number of amides is 1. The van der Waals surface area contributed by atoms with Gasteiger partial charge in [0.15, 0.2) is 0 Å². The summed E-state index contributed by atoms with van der Waals surface area (Å²) in [6.45, 7) is 10.5. The predicted molar refractivity (Wildman–Crippen MR) is 86.9 cm³/mol. The van der Waals surface area contributed by atoms with E-state index in [4.69, 9.17) is 0 Å². The molecule has 21 heavy (non-hydrogen) atoms. The summed E-state index contributed by atoms with van der Waals surface area (Å²) in [7, 11) is 0. The van der Waals surface area contributed by atoms with E-state index in [0.29, 0.717) is 17.8 Å². The van der Waals surface area contributed by atoms with E-state index >= 15 is 0 Å². The zero-order valence-electron chi connectivity index (χ0n) is 13.6. The van der Waals surface area contributed by atoms with Crippen molar-refractivity contribution in [3.05, 3.63) is 35.4 Å². The zero-order chi connectivity index (χ0) is 15.4. The summed E-state index contributed by atoms with van der Waals surface area (Å²) < 4.78 is 0. The second kappa shape index (κ2) is 7.08. The fraction of sp³-hybridized carbons (Fsp3) is 0.611. The van der Waals surface area contributed by atoms with Crippen LogP contribution in [0.15, 0.2) is 24.3 Å². The maximum absolute atomic E-state index is 12.4. The highest BCUT2D eigenvalue weighted by Gasteiger charge is 2.25. The van der Waals surface area contributed by atoms with Gasteiger partial charge >= 0.3 is 0 Å². The molecule has 0 bridgehead atoms. The number of carbonyl (C=O) groups excluding carboxylic acids is 1. The minimum absolute atomic E-state index is 0.0973. The van der Waals surface area contributed by atoms with E-state index < -0.39 is 0 Å². The molecule has 1 unspecified atom stereocenters. The van der Waals surface area contributed by atoms with Crippen LogP contribution in [0.3, 0.4) is 0 Å². The molecule has 1 atom stereocenters. The number of hydrogen-bond acceptors (Lipinski definition) is 2. The van der Waals surface area contributed by atoms with Crippen LogP contribution in [-0.2, 0) is 17.8 Å². The first kappa shape index (κ1) is 16.0. The Kier molecular flexibility index (Phi) is 5.40. The highest BCUT2D eigenvalue weighted by molar-refractivity contribution is 5.82. The number of fused-ring (bicyclic) bond motifs is 1. The van der Waals surface area contributed by atoms with Gasteiger partial charge in [0, 0.05) is 13.1 Å². The van der Waals surface area contributed by atoms with E-state index in [1.54, 1.807) is 0 Å². The SMILES string of the molecule is CC(C)C(CNC(=O)C1Cc2ccccc2CN1)C(C)C. The Hall–Kier alpha value is -1.35. The van der Waals surface area contributed by atoms with Gasteiger partial charge in [-0.2, -0.15) is 0 Å². The number of carbonyl (C=O) groups is 1. The van der Waals surface area contributed by atoms with Crippen LogP contribution >= 0.6 is 0 Å². The number of benzene rings is 1. The molecule has 0 fully saturated rings. The quantitative estimate of drug-likeness (QED) is 0.874. The summed E-state index contributed by atoms with van der Waals surface area (Å²) >= 11 is 0. The molecule has 0 radical (unpaired) electrons. The summed E-state index contributed by atoms with van der Waals surface area (Å²) in [5.41, 5.74) is 2.60. The summed E-state index contributed by atoms with van der Waals surface area (Å²) in [4.78, 5) is 12.4. The van der Waals surface area contributed by atoms with Crippen LogP contribution in [0, 0.1) is 17.8 Å². The number of hydrogen-bond donors (Lipinski definition) is 2. The van der Waals surface area contributed by atoms with E-state index in [0.717, 1.165) is 19.5 Å². The maximum Gasteiger partial charge on any atom is 0.237 e. The minimum atomic E-state index is -0.0973. The molecule has 1 aliphatic rings. The predicted octanol–water partition coefficient (Wildman–Crippen LogP) is 2.75. The summed E-state index contributed by atoms with van der Waals surface area (Å²) in [6.07, 6.45) is 0.788. The molecule has 2 N–H and O–H groups in total. The molecule has 1 aromatic rings. The molecule has 1 heterocycles. The van der Waals surface area contributed by atoms with Gasteiger partial charge in [-0.25, -0.2) is 0 Å².